The first kappa shape index (κ1) is 34.9. The molecule has 3 nitrogen and oxygen atoms in total. The summed E-state index contributed by atoms with van der Waals surface area (Å²) in [5.41, 5.74) is 13.2. The molecular formula is C58H37N3. The third-order valence-electron chi connectivity index (χ3n) is 12.2. The second-order valence-corrected chi connectivity index (χ2v) is 15.7. The number of nitrogens with zero attached hydrogens (tertiary/aromatic N) is 3. The number of fused-ring (bicyclic) bond motifs is 7. The molecule has 0 N–H and O–H groups in total. The molecule has 0 aliphatic heterocycles. The lowest BCUT2D eigenvalue weighted by Crippen LogP contribution is -1.97. The highest BCUT2D eigenvalue weighted by Crippen LogP contribution is 2.40. The zero-order chi connectivity index (χ0) is 40.3. The third kappa shape index (κ3) is 5.90. The van der Waals surface area contributed by atoms with Crippen LogP contribution < -0.4 is 0 Å². The number of aromatic nitrogens is 3. The standard InChI is InChI=1S/C58H37N3/c1-2-14-42(15-3-1)58-59-53(37-54(60-58)41-32-28-39(29-33-41)52-36-43-16-4-5-17-44(43)46-18-6-7-20-48(46)52)40-30-26-38(27-31-40)45-34-35-57(49-21-9-8-19-47(45)49)61-55-24-12-10-22-50(55)51-23-11-13-25-56(51)61/h1-37H. The van der Waals surface area contributed by atoms with Crippen molar-refractivity contribution < 1.29 is 0 Å². The highest BCUT2D eigenvalue weighted by Gasteiger charge is 2.17. The predicted octanol–water partition coefficient (Wildman–Crippen LogP) is 15.4. The molecule has 0 unspecified atom stereocenters. The van der Waals surface area contributed by atoms with Crippen molar-refractivity contribution in [1.29, 1.82) is 0 Å². The van der Waals surface area contributed by atoms with Gasteiger partial charge in [-0.15, -0.1) is 0 Å². The smallest absolute Gasteiger partial charge is 0.160 e. The van der Waals surface area contributed by atoms with Crippen LogP contribution in [0.5, 0.6) is 0 Å². The maximum Gasteiger partial charge on any atom is 0.160 e. The summed E-state index contributed by atoms with van der Waals surface area (Å²) in [6, 6.07) is 80.4. The van der Waals surface area contributed by atoms with Gasteiger partial charge in [-0.25, -0.2) is 9.97 Å². The van der Waals surface area contributed by atoms with Crippen LogP contribution in [0.2, 0.25) is 0 Å². The fourth-order valence-electron chi connectivity index (χ4n) is 9.31. The zero-order valence-corrected chi connectivity index (χ0v) is 33.2. The van der Waals surface area contributed by atoms with Gasteiger partial charge in [0.2, 0.25) is 0 Å². The molecule has 0 fully saturated rings. The molecule has 10 aromatic carbocycles. The summed E-state index contributed by atoms with van der Waals surface area (Å²) in [6.07, 6.45) is 0. The Labute approximate surface area is 353 Å². The maximum atomic E-state index is 5.16. The Morgan fingerprint density at radius 2 is 0.738 bits per heavy atom. The number of para-hydroxylation sites is 2. The van der Waals surface area contributed by atoms with Crippen molar-refractivity contribution in [2.45, 2.75) is 0 Å². The molecule has 61 heavy (non-hydrogen) atoms. The van der Waals surface area contributed by atoms with E-state index in [1.165, 1.54) is 76.5 Å². The maximum absolute atomic E-state index is 5.16. The molecule has 0 amide bonds. The minimum atomic E-state index is 0.702. The van der Waals surface area contributed by atoms with Crippen LogP contribution in [-0.4, -0.2) is 14.5 Å². The van der Waals surface area contributed by atoms with E-state index in [4.69, 9.17) is 9.97 Å². The molecular weight excluding hydrogens is 739 g/mol. The van der Waals surface area contributed by atoms with E-state index in [0.29, 0.717) is 5.82 Å². The molecule has 2 aromatic heterocycles. The van der Waals surface area contributed by atoms with Crippen molar-refractivity contribution >= 4 is 54.1 Å². The topological polar surface area (TPSA) is 30.7 Å². The summed E-state index contributed by atoms with van der Waals surface area (Å²) in [5.74, 6) is 0.702. The summed E-state index contributed by atoms with van der Waals surface area (Å²) in [5, 5.41) is 9.98. The number of benzene rings is 10. The van der Waals surface area contributed by atoms with Gasteiger partial charge in [0.15, 0.2) is 5.82 Å². The molecule has 12 aromatic rings. The SMILES string of the molecule is c1ccc(-c2nc(-c3ccc(-c4ccc(-n5c6ccccc6c6ccccc65)c5ccccc45)cc3)cc(-c3ccc(-c4cc5ccccc5c5ccccc45)cc3)n2)cc1. The van der Waals surface area contributed by atoms with Crippen molar-refractivity contribution in [2.24, 2.45) is 0 Å². The van der Waals surface area contributed by atoms with Gasteiger partial charge in [-0.1, -0.05) is 194 Å². The first-order chi connectivity index (χ1) is 30.2. The monoisotopic (exact) mass is 775 g/mol. The molecule has 2 heterocycles. The normalized spacial score (nSPS) is 11.6. The lowest BCUT2D eigenvalue weighted by molar-refractivity contribution is 1.18. The summed E-state index contributed by atoms with van der Waals surface area (Å²) >= 11 is 0. The van der Waals surface area contributed by atoms with Gasteiger partial charge in [0.25, 0.3) is 0 Å². The Balaban J connectivity index is 0.931. The van der Waals surface area contributed by atoms with Gasteiger partial charge >= 0.3 is 0 Å². The largest absolute Gasteiger partial charge is 0.309 e. The molecule has 0 aliphatic carbocycles. The van der Waals surface area contributed by atoms with Gasteiger partial charge < -0.3 is 4.57 Å². The van der Waals surface area contributed by atoms with Gasteiger partial charge in [0.05, 0.1) is 28.1 Å². The first-order valence-electron chi connectivity index (χ1n) is 20.8. The van der Waals surface area contributed by atoms with Gasteiger partial charge in [-0.05, 0) is 79.5 Å². The Morgan fingerprint density at radius 3 is 1.36 bits per heavy atom. The number of rotatable bonds is 6. The first-order valence-corrected chi connectivity index (χ1v) is 20.8. The average Bonchev–Trinajstić information content (AvgIpc) is 3.68. The number of hydrogen-bond acceptors (Lipinski definition) is 2. The quantitative estimate of drug-likeness (QED) is 0.158. The van der Waals surface area contributed by atoms with E-state index in [9.17, 15) is 0 Å². The van der Waals surface area contributed by atoms with Crippen molar-refractivity contribution in [3.8, 4) is 61.8 Å². The van der Waals surface area contributed by atoms with E-state index in [2.05, 4.69) is 211 Å². The van der Waals surface area contributed by atoms with Crippen molar-refractivity contribution in [3.05, 3.63) is 224 Å². The second kappa shape index (κ2) is 14.3. The van der Waals surface area contributed by atoms with Crippen molar-refractivity contribution in [3.63, 3.8) is 0 Å². The molecule has 0 spiro atoms. The van der Waals surface area contributed by atoms with Crippen molar-refractivity contribution in [2.75, 3.05) is 0 Å². The van der Waals surface area contributed by atoms with Crippen LogP contribution in [0.15, 0.2) is 224 Å². The number of hydrogen-bond donors (Lipinski definition) is 0. The highest BCUT2D eigenvalue weighted by atomic mass is 15.0. The van der Waals surface area contributed by atoms with Crippen LogP contribution in [0.25, 0.3) is 116 Å². The summed E-state index contributed by atoms with van der Waals surface area (Å²) < 4.78 is 2.41. The Morgan fingerprint density at radius 1 is 0.279 bits per heavy atom. The molecule has 12 rings (SSSR count). The van der Waals surface area contributed by atoms with Crippen LogP contribution in [0.1, 0.15) is 0 Å². The average molecular weight is 776 g/mol. The predicted molar refractivity (Wildman–Crippen MR) is 256 cm³/mol. The zero-order valence-electron chi connectivity index (χ0n) is 33.2. The minimum absolute atomic E-state index is 0.702. The second-order valence-electron chi connectivity index (χ2n) is 15.7. The lowest BCUT2D eigenvalue weighted by Gasteiger charge is -2.15. The molecule has 0 saturated carbocycles. The molecule has 284 valence electrons. The lowest BCUT2D eigenvalue weighted by atomic mass is 9.92. The molecule has 0 atom stereocenters. The Kier molecular flexibility index (Phi) is 8.17. The van der Waals surface area contributed by atoms with E-state index < -0.39 is 0 Å². The summed E-state index contributed by atoms with van der Waals surface area (Å²) in [4.78, 5) is 10.3. The highest BCUT2D eigenvalue weighted by molar-refractivity contribution is 6.14. The van der Waals surface area contributed by atoms with E-state index in [-0.39, 0.29) is 0 Å². The minimum Gasteiger partial charge on any atom is -0.309 e. The van der Waals surface area contributed by atoms with E-state index in [0.717, 1.165) is 33.6 Å². The van der Waals surface area contributed by atoms with Gasteiger partial charge in [0, 0.05) is 32.8 Å². The van der Waals surface area contributed by atoms with E-state index >= 15 is 0 Å². The molecule has 0 radical (unpaired) electrons. The van der Waals surface area contributed by atoms with Gasteiger partial charge in [-0.3, -0.25) is 0 Å². The van der Waals surface area contributed by atoms with Crippen LogP contribution >= 0.6 is 0 Å². The molecule has 3 heteroatoms. The van der Waals surface area contributed by atoms with Gasteiger partial charge in [0.1, 0.15) is 0 Å². The van der Waals surface area contributed by atoms with Crippen molar-refractivity contribution in [1.82, 2.24) is 14.5 Å². The molecule has 0 aliphatic rings. The van der Waals surface area contributed by atoms with Crippen LogP contribution in [0.4, 0.5) is 0 Å². The molecule has 0 saturated heterocycles. The van der Waals surface area contributed by atoms with Gasteiger partial charge in [-0.2, -0.15) is 0 Å². The molecule has 0 bridgehead atoms. The van der Waals surface area contributed by atoms with Crippen LogP contribution in [-0.2, 0) is 0 Å². The fraction of sp³-hybridized carbons (Fsp3) is 0. The van der Waals surface area contributed by atoms with Crippen LogP contribution in [0, 0.1) is 0 Å². The van der Waals surface area contributed by atoms with E-state index in [1.807, 2.05) is 18.2 Å². The third-order valence-corrected chi connectivity index (χ3v) is 12.2. The van der Waals surface area contributed by atoms with E-state index in [1.54, 1.807) is 0 Å². The fourth-order valence-corrected chi connectivity index (χ4v) is 9.31. The summed E-state index contributed by atoms with van der Waals surface area (Å²) in [7, 11) is 0. The van der Waals surface area contributed by atoms with Crippen LogP contribution in [0.3, 0.4) is 0 Å². The Bertz CT molecular complexity index is 3570. The Hall–Kier alpha value is -8.14. The summed E-state index contributed by atoms with van der Waals surface area (Å²) in [6.45, 7) is 0.